The molecule has 2 rings (SSSR count). The largest absolute Gasteiger partial charge is 0.496 e. The van der Waals surface area contributed by atoms with Crippen molar-refractivity contribution in [1.82, 2.24) is 9.97 Å². The Kier molecular flexibility index (Phi) is 3.99. The van der Waals surface area contributed by atoms with Crippen LogP contribution in [0.15, 0.2) is 24.7 Å². The minimum Gasteiger partial charge on any atom is -0.496 e. The number of hydrogen-bond acceptors (Lipinski definition) is 4. The molecule has 0 fully saturated rings. The van der Waals surface area contributed by atoms with Crippen molar-refractivity contribution in [2.45, 2.75) is 26.7 Å². The van der Waals surface area contributed by atoms with Crippen molar-refractivity contribution in [3.05, 3.63) is 52.6 Å². The molecule has 0 aliphatic carbocycles. The molecule has 0 N–H and O–H groups in total. The Labute approximate surface area is 119 Å². The van der Waals surface area contributed by atoms with E-state index in [0.717, 1.165) is 33.7 Å². The first kappa shape index (κ1) is 14.0. The van der Waals surface area contributed by atoms with Crippen LogP contribution in [-0.4, -0.2) is 17.1 Å². The minimum atomic E-state index is -0.386. The molecule has 0 saturated carbocycles. The van der Waals surface area contributed by atoms with Gasteiger partial charge < -0.3 is 4.74 Å². The standard InChI is InChI=1S/C16H17N3O/c1-10-7-15(20-4)11(2)12(3)16(10)13(8-17)14-5-6-18-9-19-14/h5-7,9,13H,1-4H3. The van der Waals surface area contributed by atoms with Gasteiger partial charge in [0.2, 0.25) is 0 Å². The smallest absolute Gasteiger partial charge is 0.122 e. The van der Waals surface area contributed by atoms with Crippen LogP contribution < -0.4 is 4.74 Å². The molecule has 0 bridgehead atoms. The quantitative estimate of drug-likeness (QED) is 0.857. The second kappa shape index (κ2) is 5.70. The summed E-state index contributed by atoms with van der Waals surface area (Å²) < 4.78 is 5.37. The zero-order chi connectivity index (χ0) is 14.7. The molecule has 4 heteroatoms. The molecule has 0 aliphatic heterocycles. The third-order valence-corrected chi connectivity index (χ3v) is 3.65. The number of benzene rings is 1. The lowest BCUT2D eigenvalue weighted by molar-refractivity contribution is 0.410. The van der Waals surface area contributed by atoms with Crippen molar-refractivity contribution in [3.8, 4) is 11.8 Å². The first-order valence-corrected chi connectivity index (χ1v) is 6.40. The zero-order valence-electron chi connectivity index (χ0n) is 12.1. The second-order valence-corrected chi connectivity index (χ2v) is 4.76. The highest BCUT2D eigenvalue weighted by atomic mass is 16.5. The monoisotopic (exact) mass is 267 g/mol. The van der Waals surface area contributed by atoms with Crippen molar-refractivity contribution < 1.29 is 4.74 Å². The molecule has 4 nitrogen and oxygen atoms in total. The predicted molar refractivity (Wildman–Crippen MR) is 76.7 cm³/mol. The third-order valence-electron chi connectivity index (χ3n) is 3.65. The fourth-order valence-electron chi connectivity index (χ4n) is 2.47. The van der Waals surface area contributed by atoms with Crippen molar-refractivity contribution >= 4 is 0 Å². The maximum absolute atomic E-state index is 9.56. The molecule has 20 heavy (non-hydrogen) atoms. The maximum Gasteiger partial charge on any atom is 0.122 e. The molecule has 0 spiro atoms. The zero-order valence-corrected chi connectivity index (χ0v) is 12.1. The Bertz CT molecular complexity index is 660. The Hall–Kier alpha value is -2.41. The summed E-state index contributed by atoms with van der Waals surface area (Å²) in [4.78, 5) is 8.12. The summed E-state index contributed by atoms with van der Waals surface area (Å²) in [6.07, 6.45) is 3.13. The summed E-state index contributed by atoms with van der Waals surface area (Å²) >= 11 is 0. The summed E-state index contributed by atoms with van der Waals surface area (Å²) in [7, 11) is 1.66. The van der Waals surface area contributed by atoms with Crippen LogP contribution in [0.5, 0.6) is 5.75 Å². The van der Waals surface area contributed by atoms with E-state index in [2.05, 4.69) is 16.0 Å². The predicted octanol–water partition coefficient (Wildman–Crippen LogP) is 3.07. The SMILES string of the molecule is COc1cc(C)c(C(C#N)c2ccncn2)c(C)c1C. The molecule has 0 radical (unpaired) electrons. The van der Waals surface area contributed by atoms with E-state index in [-0.39, 0.29) is 5.92 Å². The molecule has 0 aliphatic rings. The maximum atomic E-state index is 9.56. The molecule has 102 valence electrons. The summed E-state index contributed by atoms with van der Waals surface area (Å²) in [6.45, 7) is 6.02. The van der Waals surface area contributed by atoms with Gasteiger partial charge in [-0.2, -0.15) is 5.26 Å². The van der Waals surface area contributed by atoms with Crippen LogP contribution in [0.1, 0.15) is 33.9 Å². The van der Waals surface area contributed by atoms with Gasteiger partial charge in [-0.05, 0) is 55.2 Å². The van der Waals surface area contributed by atoms with Crippen LogP contribution in [0.25, 0.3) is 0 Å². The van der Waals surface area contributed by atoms with E-state index < -0.39 is 0 Å². The van der Waals surface area contributed by atoms with Gasteiger partial charge in [-0.3, -0.25) is 0 Å². The van der Waals surface area contributed by atoms with Gasteiger partial charge in [-0.25, -0.2) is 9.97 Å². The van der Waals surface area contributed by atoms with E-state index in [1.54, 1.807) is 19.4 Å². The van der Waals surface area contributed by atoms with E-state index in [9.17, 15) is 5.26 Å². The molecule has 1 atom stereocenters. The Balaban J connectivity index is 2.63. The number of methoxy groups -OCH3 is 1. The van der Waals surface area contributed by atoms with Crippen molar-refractivity contribution in [3.63, 3.8) is 0 Å². The van der Waals surface area contributed by atoms with E-state index in [0.29, 0.717) is 0 Å². The number of hydrogen-bond donors (Lipinski definition) is 0. The number of rotatable bonds is 3. The van der Waals surface area contributed by atoms with Crippen LogP contribution >= 0.6 is 0 Å². The van der Waals surface area contributed by atoms with Gasteiger partial charge in [-0.15, -0.1) is 0 Å². The van der Waals surface area contributed by atoms with Gasteiger partial charge in [0.15, 0.2) is 0 Å². The van der Waals surface area contributed by atoms with E-state index in [1.807, 2.05) is 26.8 Å². The van der Waals surface area contributed by atoms with Gasteiger partial charge in [0.25, 0.3) is 0 Å². The fraction of sp³-hybridized carbons (Fsp3) is 0.312. The molecule has 1 aromatic heterocycles. The molecular weight excluding hydrogens is 250 g/mol. The topological polar surface area (TPSA) is 58.8 Å². The Morgan fingerprint density at radius 2 is 2.00 bits per heavy atom. The lowest BCUT2D eigenvalue weighted by Crippen LogP contribution is -2.07. The van der Waals surface area contributed by atoms with E-state index in [1.165, 1.54) is 6.33 Å². The number of nitriles is 1. The van der Waals surface area contributed by atoms with Gasteiger partial charge in [0.1, 0.15) is 18.0 Å². The highest BCUT2D eigenvalue weighted by Gasteiger charge is 2.21. The van der Waals surface area contributed by atoms with Crippen LogP contribution in [0.2, 0.25) is 0 Å². The summed E-state index contributed by atoms with van der Waals surface area (Å²) in [5.74, 6) is 0.464. The third kappa shape index (κ3) is 2.35. The molecular formula is C16H17N3O. The summed E-state index contributed by atoms with van der Waals surface area (Å²) in [5.41, 5.74) is 4.90. The Morgan fingerprint density at radius 3 is 2.55 bits per heavy atom. The molecule has 1 unspecified atom stereocenters. The number of ether oxygens (including phenoxy) is 1. The van der Waals surface area contributed by atoms with Crippen LogP contribution in [0.4, 0.5) is 0 Å². The van der Waals surface area contributed by atoms with Crippen LogP contribution in [0, 0.1) is 32.1 Å². The second-order valence-electron chi connectivity index (χ2n) is 4.76. The van der Waals surface area contributed by atoms with E-state index in [4.69, 9.17) is 4.74 Å². The lowest BCUT2D eigenvalue weighted by atomic mass is 9.87. The number of nitrogens with zero attached hydrogens (tertiary/aromatic N) is 3. The summed E-state index contributed by atoms with van der Waals surface area (Å²) in [6, 6.07) is 6.11. The molecule has 1 heterocycles. The highest BCUT2D eigenvalue weighted by molar-refractivity contribution is 5.53. The summed E-state index contributed by atoms with van der Waals surface area (Å²) in [5, 5.41) is 9.56. The lowest BCUT2D eigenvalue weighted by Gasteiger charge is -2.19. The van der Waals surface area contributed by atoms with E-state index >= 15 is 0 Å². The molecule has 1 aromatic carbocycles. The fourth-order valence-corrected chi connectivity index (χ4v) is 2.47. The number of aromatic nitrogens is 2. The van der Waals surface area contributed by atoms with Crippen molar-refractivity contribution in [1.29, 1.82) is 5.26 Å². The first-order valence-electron chi connectivity index (χ1n) is 6.40. The molecule has 0 amide bonds. The van der Waals surface area contributed by atoms with Crippen molar-refractivity contribution in [2.75, 3.05) is 7.11 Å². The molecule has 0 saturated heterocycles. The average molecular weight is 267 g/mol. The van der Waals surface area contributed by atoms with Crippen LogP contribution in [-0.2, 0) is 0 Å². The van der Waals surface area contributed by atoms with Gasteiger partial charge in [0.05, 0.1) is 18.9 Å². The molecule has 2 aromatic rings. The highest BCUT2D eigenvalue weighted by Crippen LogP contribution is 2.34. The van der Waals surface area contributed by atoms with Gasteiger partial charge >= 0.3 is 0 Å². The minimum absolute atomic E-state index is 0.386. The van der Waals surface area contributed by atoms with Gasteiger partial charge in [-0.1, -0.05) is 0 Å². The normalized spacial score (nSPS) is 11.8. The first-order chi connectivity index (χ1) is 9.60. The van der Waals surface area contributed by atoms with Crippen LogP contribution in [0.3, 0.4) is 0 Å². The van der Waals surface area contributed by atoms with Crippen molar-refractivity contribution in [2.24, 2.45) is 0 Å². The average Bonchev–Trinajstić information content (AvgIpc) is 2.48. The van der Waals surface area contributed by atoms with Gasteiger partial charge in [0, 0.05) is 6.20 Å². The number of aryl methyl sites for hydroxylation is 1. The Morgan fingerprint density at radius 1 is 1.25 bits per heavy atom.